The summed E-state index contributed by atoms with van der Waals surface area (Å²) in [5, 5.41) is 1.92. The first-order chi connectivity index (χ1) is 7.65. The van der Waals surface area contributed by atoms with Crippen molar-refractivity contribution in [2.24, 2.45) is 0 Å². The molecule has 6 heteroatoms. The Morgan fingerprint density at radius 3 is 2.75 bits per heavy atom. The third-order valence-corrected chi connectivity index (χ3v) is 3.41. The second kappa shape index (κ2) is 5.03. The molecule has 0 aromatic carbocycles. The van der Waals surface area contributed by atoms with E-state index in [0.29, 0.717) is 15.9 Å². The Morgan fingerprint density at radius 1 is 1.25 bits per heavy atom. The highest BCUT2D eigenvalue weighted by Crippen LogP contribution is 2.30. The maximum Gasteiger partial charge on any atom is 0.130 e. The van der Waals surface area contributed by atoms with Crippen LogP contribution in [-0.2, 0) is 0 Å². The fourth-order valence-electron chi connectivity index (χ4n) is 1.03. The molecule has 0 aliphatic rings. The summed E-state index contributed by atoms with van der Waals surface area (Å²) in [6.45, 7) is 0. The van der Waals surface area contributed by atoms with Gasteiger partial charge in [0.05, 0.1) is 5.69 Å². The Labute approximate surface area is 111 Å². The average molecular weight is 317 g/mol. The lowest BCUT2D eigenvalue weighted by atomic mass is 10.4. The Hall–Kier alpha value is -0.780. The maximum atomic E-state index is 5.80. The quantitative estimate of drug-likeness (QED) is 0.860. The molecule has 0 saturated carbocycles. The van der Waals surface area contributed by atoms with Crippen molar-refractivity contribution in [2.45, 2.75) is 10.1 Å². The lowest BCUT2D eigenvalue weighted by Gasteiger charge is -2.03. The molecule has 3 nitrogen and oxygen atoms in total. The summed E-state index contributed by atoms with van der Waals surface area (Å²) < 4.78 is 0.934. The molecule has 0 radical (unpaired) electrons. The number of pyridine rings is 2. The van der Waals surface area contributed by atoms with E-state index in [2.05, 4.69) is 25.9 Å². The van der Waals surface area contributed by atoms with E-state index in [1.54, 1.807) is 18.3 Å². The third kappa shape index (κ3) is 2.87. The van der Waals surface area contributed by atoms with Crippen LogP contribution < -0.4 is 5.73 Å². The smallest absolute Gasteiger partial charge is 0.130 e. The van der Waals surface area contributed by atoms with Gasteiger partial charge in [0.15, 0.2) is 0 Å². The summed E-state index contributed by atoms with van der Waals surface area (Å²) in [6.07, 6.45) is 1.73. The summed E-state index contributed by atoms with van der Waals surface area (Å²) in [7, 11) is 0. The number of nitrogen functional groups attached to an aromatic ring is 1. The zero-order chi connectivity index (χ0) is 11.5. The molecule has 0 spiro atoms. The molecule has 0 bridgehead atoms. The van der Waals surface area contributed by atoms with Gasteiger partial charge >= 0.3 is 0 Å². The van der Waals surface area contributed by atoms with Crippen LogP contribution in [0.5, 0.6) is 0 Å². The van der Waals surface area contributed by atoms with Crippen molar-refractivity contribution in [1.82, 2.24) is 9.97 Å². The van der Waals surface area contributed by atoms with Crippen molar-refractivity contribution >= 4 is 45.0 Å². The second-order valence-electron chi connectivity index (χ2n) is 2.95. The first-order valence-electron chi connectivity index (χ1n) is 4.36. The van der Waals surface area contributed by atoms with Crippen LogP contribution in [0.4, 0.5) is 5.69 Å². The van der Waals surface area contributed by atoms with E-state index in [1.165, 1.54) is 11.8 Å². The van der Waals surface area contributed by atoms with Gasteiger partial charge in [-0.1, -0.05) is 11.6 Å². The molecule has 0 aliphatic carbocycles. The number of hydrogen-bond donors (Lipinski definition) is 1. The Balaban J connectivity index is 2.26. The number of nitrogens with zero attached hydrogens (tertiary/aromatic N) is 2. The van der Waals surface area contributed by atoms with E-state index in [9.17, 15) is 0 Å². The first kappa shape index (κ1) is 11.7. The Kier molecular flexibility index (Phi) is 3.68. The van der Waals surface area contributed by atoms with Gasteiger partial charge in [0, 0.05) is 10.7 Å². The molecule has 82 valence electrons. The van der Waals surface area contributed by atoms with Gasteiger partial charge in [-0.05, 0) is 52.0 Å². The Morgan fingerprint density at radius 2 is 2.06 bits per heavy atom. The van der Waals surface area contributed by atoms with Crippen molar-refractivity contribution in [1.29, 1.82) is 0 Å². The molecule has 0 fully saturated rings. The minimum absolute atomic E-state index is 0.425. The van der Waals surface area contributed by atoms with Gasteiger partial charge in [-0.15, -0.1) is 0 Å². The minimum atomic E-state index is 0.425. The van der Waals surface area contributed by atoms with Gasteiger partial charge in [-0.2, -0.15) is 0 Å². The monoisotopic (exact) mass is 315 g/mol. The number of nitrogens with two attached hydrogens (primary N) is 1. The Bertz CT molecular complexity index is 504. The number of anilines is 1. The molecule has 0 amide bonds. The number of aromatic nitrogens is 2. The van der Waals surface area contributed by atoms with Crippen LogP contribution in [0.25, 0.3) is 0 Å². The topological polar surface area (TPSA) is 51.8 Å². The zero-order valence-corrected chi connectivity index (χ0v) is 11.2. The van der Waals surface area contributed by atoms with Gasteiger partial charge in [0.25, 0.3) is 0 Å². The van der Waals surface area contributed by atoms with Crippen molar-refractivity contribution < 1.29 is 0 Å². The lowest BCUT2D eigenvalue weighted by Crippen LogP contribution is -1.92. The zero-order valence-electron chi connectivity index (χ0n) is 8.02. The molecule has 2 heterocycles. The minimum Gasteiger partial charge on any atom is -0.397 e. The summed E-state index contributed by atoms with van der Waals surface area (Å²) in [5.74, 6) is 0. The number of halogens is 2. The van der Waals surface area contributed by atoms with Crippen molar-refractivity contribution in [3.8, 4) is 0 Å². The molecule has 2 aromatic rings. The standard InChI is InChI=1S/C10H7BrClN3S/c11-6-1-4-9(14-5-6)16-10-7(13)2-3-8(12)15-10/h1-5H,13H2. The first-order valence-corrected chi connectivity index (χ1v) is 6.35. The molecule has 0 atom stereocenters. The average Bonchev–Trinajstić information content (AvgIpc) is 2.27. The summed E-state index contributed by atoms with van der Waals surface area (Å²) in [4.78, 5) is 8.36. The summed E-state index contributed by atoms with van der Waals surface area (Å²) in [5.41, 5.74) is 6.38. The highest BCUT2D eigenvalue weighted by molar-refractivity contribution is 9.10. The number of rotatable bonds is 2. The predicted molar refractivity (Wildman–Crippen MR) is 69.7 cm³/mol. The van der Waals surface area contributed by atoms with Crippen molar-refractivity contribution in [3.63, 3.8) is 0 Å². The lowest BCUT2D eigenvalue weighted by molar-refractivity contribution is 1.09. The summed E-state index contributed by atoms with van der Waals surface area (Å²) in [6, 6.07) is 7.19. The van der Waals surface area contributed by atoms with Crippen LogP contribution in [0.3, 0.4) is 0 Å². The van der Waals surface area contributed by atoms with Crippen LogP contribution in [0, 0.1) is 0 Å². The molecule has 2 rings (SSSR count). The fraction of sp³-hybridized carbons (Fsp3) is 0. The largest absolute Gasteiger partial charge is 0.397 e. The van der Waals surface area contributed by atoms with Crippen LogP contribution in [0.1, 0.15) is 0 Å². The highest BCUT2D eigenvalue weighted by atomic mass is 79.9. The molecule has 0 unspecified atom stereocenters. The van der Waals surface area contributed by atoms with Crippen molar-refractivity contribution in [2.75, 3.05) is 5.73 Å². The maximum absolute atomic E-state index is 5.80. The van der Waals surface area contributed by atoms with E-state index in [4.69, 9.17) is 17.3 Å². The normalized spacial score (nSPS) is 10.4. The van der Waals surface area contributed by atoms with E-state index < -0.39 is 0 Å². The van der Waals surface area contributed by atoms with E-state index in [-0.39, 0.29) is 0 Å². The van der Waals surface area contributed by atoms with Gasteiger partial charge in [0.1, 0.15) is 15.2 Å². The van der Waals surface area contributed by atoms with Gasteiger partial charge < -0.3 is 5.73 Å². The van der Waals surface area contributed by atoms with E-state index in [0.717, 1.165) is 9.50 Å². The second-order valence-corrected chi connectivity index (χ2v) is 5.26. The third-order valence-electron chi connectivity index (χ3n) is 1.76. The molecule has 0 aliphatic heterocycles. The molecule has 16 heavy (non-hydrogen) atoms. The summed E-state index contributed by atoms with van der Waals surface area (Å²) >= 11 is 10.5. The van der Waals surface area contributed by atoms with Crippen molar-refractivity contribution in [3.05, 3.63) is 40.1 Å². The van der Waals surface area contributed by atoms with Crippen LogP contribution >= 0.6 is 39.3 Å². The van der Waals surface area contributed by atoms with Crippen LogP contribution in [0.15, 0.2) is 45.0 Å². The molecular weight excluding hydrogens is 310 g/mol. The molecule has 0 saturated heterocycles. The highest BCUT2D eigenvalue weighted by Gasteiger charge is 2.05. The predicted octanol–water partition coefficient (Wildman–Crippen LogP) is 3.63. The van der Waals surface area contributed by atoms with Gasteiger partial charge in [-0.25, -0.2) is 9.97 Å². The SMILES string of the molecule is Nc1ccc(Cl)nc1Sc1ccc(Br)cn1. The molecular formula is C10H7BrClN3S. The molecule has 2 N–H and O–H groups in total. The fourth-order valence-corrected chi connectivity index (χ4v) is 2.23. The van der Waals surface area contributed by atoms with Crippen LogP contribution in [0.2, 0.25) is 5.15 Å². The van der Waals surface area contributed by atoms with E-state index >= 15 is 0 Å². The number of hydrogen-bond acceptors (Lipinski definition) is 4. The van der Waals surface area contributed by atoms with Crippen LogP contribution in [-0.4, -0.2) is 9.97 Å². The van der Waals surface area contributed by atoms with Gasteiger partial charge in [-0.3, -0.25) is 0 Å². The van der Waals surface area contributed by atoms with E-state index in [1.807, 2.05) is 12.1 Å². The van der Waals surface area contributed by atoms with Gasteiger partial charge in [0.2, 0.25) is 0 Å². The molecule has 2 aromatic heterocycles.